The summed E-state index contributed by atoms with van der Waals surface area (Å²) in [7, 11) is 0. The number of Topliss-reactive ketones (excluding diaryl/α,β-unsaturated/α-hetero) is 1. The average Bonchev–Trinajstić information content (AvgIpc) is 2.84. The minimum atomic E-state index is -5.27. The number of benzene rings is 1. The Hall–Kier alpha value is -2.06. The molecular formula is C22H23Cl2F3N2O3. The van der Waals surface area contributed by atoms with Crippen molar-refractivity contribution in [3.63, 3.8) is 0 Å². The molecule has 10 heteroatoms. The van der Waals surface area contributed by atoms with Crippen LogP contribution in [0.4, 0.5) is 18.9 Å². The third kappa shape index (κ3) is 3.81. The molecule has 0 bridgehead atoms. The van der Waals surface area contributed by atoms with Gasteiger partial charge in [0.15, 0.2) is 5.78 Å². The number of carbonyl (C=O) groups is 3. The summed E-state index contributed by atoms with van der Waals surface area (Å²) >= 11 is 12.0. The first-order valence-electron chi connectivity index (χ1n) is 9.88. The largest absolute Gasteiger partial charge is 0.425 e. The molecule has 1 aromatic carbocycles. The number of hydrogen-bond acceptors (Lipinski definition) is 3. The molecule has 5 nitrogen and oxygen atoms in total. The number of anilines is 1. The fourth-order valence-electron chi connectivity index (χ4n) is 4.01. The number of carbonyl (C=O) groups excluding carboxylic acids is 3. The lowest BCUT2D eigenvalue weighted by Gasteiger charge is -2.37. The van der Waals surface area contributed by atoms with E-state index in [-0.39, 0.29) is 34.3 Å². The van der Waals surface area contributed by atoms with Gasteiger partial charge in [-0.3, -0.25) is 19.3 Å². The highest BCUT2D eigenvalue weighted by molar-refractivity contribution is 6.42. The standard InChI is InChI=1S/C22H23Cl2F3N2O3/c1-19(2,3)17(31)28-21(22(25,26)27)16-14(9-20(4,5)10-15(16)30)29(18(21)32)11-6-7-12(23)13(24)8-11/h6-8H,9-10H2,1-5H3,(H,28,31)/t21-/m0/s1. The summed E-state index contributed by atoms with van der Waals surface area (Å²) < 4.78 is 44.1. The Morgan fingerprint density at radius 3 is 2.16 bits per heavy atom. The van der Waals surface area contributed by atoms with E-state index in [0.717, 1.165) is 4.90 Å². The van der Waals surface area contributed by atoms with Gasteiger partial charge in [0.05, 0.1) is 21.3 Å². The van der Waals surface area contributed by atoms with Crippen LogP contribution < -0.4 is 10.2 Å². The summed E-state index contributed by atoms with van der Waals surface area (Å²) in [4.78, 5) is 40.2. The van der Waals surface area contributed by atoms with Crippen LogP contribution in [0.25, 0.3) is 0 Å². The highest BCUT2D eigenvalue weighted by atomic mass is 35.5. The molecule has 0 fully saturated rings. The highest BCUT2D eigenvalue weighted by Gasteiger charge is 2.72. The second-order valence-electron chi connectivity index (χ2n) is 9.95. The Kier molecular flexibility index (Phi) is 5.75. The van der Waals surface area contributed by atoms with Crippen molar-refractivity contribution in [2.24, 2.45) is 10.8 Å². The van der Waals surface area contributed by atoms with Gasteiger partial charge in [-0.25, -0.2) is 0 Å². The Balaban J connectivity index is 2.33. The van der Waals surface area contributed by atoms with Crippen molar-refractivity contribution in [1.82, 2.24) is 5.32 Å². The van der Waals surface area contributed by atoms with E-state index in [1.165, 1.54) is 39.0 Å². The molecule has 2 aliphatic rings. The van der Waals surface area contributed by atoms with Crippen molar-refractivity contribution in [2.45, 2.75) is 59.2 Å². The summed E-state index contributed by atoms with van der Waals surface area (Å²) in [5.41, 5.74) is -6.24. The number of halogens is 5. The molecule has 1 aromatic rings. The van der Waals surface area contributed by atoms with Crippen LogP contribution in [-0.2, 0) is 14.4 Å². The Bertz CT molecular complexity index is 1060. The molecule has 32 heavy (non-hydrogen) atoms. The van der Waals surface area contributed by atoms with Crippen LogP contribution >= 0.6 is 23.2 Å². The zero-order valence-corrected chi connectivity index (χ0v) is 19.7. The molecule has 0 radical (unpaired) electrons. The summed E-state index contributed by atoms with van der Waals surface area (Å²) in [5.74, 6) is -3.32. The lowest BCUT2D eigenvalue weighted by atomic mass is 9.72. The minimum Gasteiger partial charge on any atom is -0.330 e. The summed E-state index contributed by atoms with van der Waals surface area (Å²) in [5, 5.41) is 2.10. The monoisotopic (exact) mass is 490 g/mol. The zero-order chi connectivity index (χ0) is 24.4. The maximum Gasteiger partial charge on any atom is 0.425 e. The van der Waals surface area contributed by atoms with Gasteiger partial charge in [-0.15, -0.1) is 0 Å². The molecular weight excluding hydrogens is 468 g/mol. The normalized spacial score (nSPS) is 23.5. The van der Waals surface area contributed by atoms with Crippen molar-refractivity contribution < 1.29 is 27.6 Å². The predicted molar refractivity (Wildman–Crippen MR) is 115 cm³/mol. The third-order valence-corrected chi connectivity index (χ3v) is 6.33. The number of nitrogens with zero attached hydrogens (tertiary/aromatic N) is 1. The summed E-state index contributed by atoms with van der Waals surface area (Å²) in [6, 6.07) is 3.96. The molecule has 1 atom stereocenters. The number of amides is 2. The van der Waals surface area contributed by atoms with Gasteiger partial charge in [0.25, 0.3) is 5.91 Å². The zero-order valence-electron chi connectivity index (χ0n) is 18.2. The molecule has 174 valence electrons. The van der Waals surface area contributed by atoms with Crippen LogP contribution in [0.1, 0.15) is 47.5 Å². The predicted octanol–water partition coefficient (Wildman–Crippen LogP) is 5.45. The first kappa shape index (κ1) is 24.6. The van der Waals surface area contributed by atoms with Crippen LogP contribution in [0, 0.1) is 10.8 Å². The Morgan fingerprint density at radius 2 is 1.66 bits per heavy atom. The quantitative estimate of drug-likeness (QED) is 0.599. The van der Waals surface area contributed by atoms with Gasteiger partial charge in [0.1, 0.15) is 0 Å². The number of nitrogens with one attached hydrogen (secondary N) is 1. The number of alkyl halides is 3. The number of ketones is 1. The van der Waals surface area contributed by atoms with Gasteiger partial charge in [-0.05, 0) is 30.0 Å². The molecule has 0 spiro atoms. The lowest BCUT2D eigenvalue weighted by Crippen LogP contribution is -2.67. The molecule has 1 aliphatic carbocycles. The molecule has 1 N–H and O–H groups in total. The second kappa shape index (κ2) is 7.48. The number of rotatable bonds is 2. The van der Waals surface area contributed by atoms with E-state index in [1.807, 2.05) is 5.32 Å². The topological polar surface area (TPSA) is 66.5 Å². The molecule has 0 aromatic heterocycles. The minimum absolute atomic E-state index is 0.0171. The summed E-state index contributed by atoms with van der Waals surface area (Å²) in [6.07, 6.45) is -5.45. The van der Waals surface area contributed by atoms with Gasteiger partial charge in [0.2, 0.25) is 11.4 Å². The first-order valence-corrected chi connectivity index (χ1v) is 10.6. The Labute approximate surface area is 193 Å². The molecule has 0 saturated heterocycles. The van der Waals surface area contributed by atoms with E-state index < -0.39 is 45.7 Å². The van der Waals surface area contributed by atoms with Crippen LogP contribution in [0.3, 0.4) is 0 Å². The number of allylic oxidation sites excluding steroid dienone is 1. The van der Waals surface area contributed by atoms with E-state index in [2.05, 4.69) is 0 Å². The number of hydrogen-bond donors (Lipinski definition) is 1. The highest BCUT2D eigenvalue weighted by Crippen LogP contribution is 2.53. The van der Waals surface area contributed by atoms with Gasteiger partial charge < -0.3 is 5.32 Å². The van der Waals surface area contributed by atoms with E-state index >= 15 is 0 Å². The van der Waals surface area contributed by atoms with Crippen LogP contribution in [0.5, 0.6) is 0 Å². The molecule has 0 unspecified atom stereocenters. The maximum absolute atomic E-state index is 14.7. The average molecular weight is 491 g/mol. The second-order valence-corrected chi connectivity index (χ2v) is 10.8. The first-order chi connectivity index (χ1) is 14.4. The molecule has 2 amide bonds. The van der Waals surface area contributed by atoms with Crippen LogP contribution in [-0.4, -0.2) is 29.3 Å². The van der Waals surface area contributed by atoms with Gasteiger partial charge >= 0.3 is 6.18 Å². The smallest absolute Gasteiger partial charge is 0.330 e. The van der Waals surface area contributed by atoms with Crippen molar-refractivity contribution in [1.29, 1.82) is 0 Å². The molecule has 1 heterocycles. The van der Waals surface area contributed by atoms with Crippen molar-refractivity contribution in [3.8, 4) is 0 Å². The van der Waals surface area contributed by atoms with Crippen molar-refractivity contribution in [3.05, 3.63) is 39.5 Å². The van der Waals surface area contributed by atoms with Crippen LogP contribution in [0.15, 0.2) is 29.5 Å². The fraction of sp³-hybridized carbons (Fsp3) is 0.500. The van der Waals surface area contributed by atoms with E-state index in [4.69, 9.17) is 23.2 Å². The van der Waals surface area contributed by atoms with Crippen molar-refractivity contribution >= 4 is 46.5 Å². The van der Waals surface area contributed by atoms with Gasteiger partial charge in [-0.1, -0.05) is 57.8 Å². The third-order valence-electron chi connectivity index (χ3n) is 5.59. The van der Waals surface area contributed by atoms with Gasteiger partial charge in [-0.2, -0.15) is 13.2 Å². The molecule has 0 saturated carbocycles. The van der Waals surface area contributed by atoms with Crippen molar-refractivity contribution in [2.75, 3.05) is 4.90 Å². The molecule has 3 rings (SSSR count). The SMILES string of the molecule is CC1(C)CC(=O)C2=C(C1)N(c1ccc(Cl)c(Cl)c1)C(=O)[C@]2(NC(=O)C(C)(C)C)C(F)(F)F. The van der Waals surface area contributed by atoms with Gasteiger partial charge in [0, 0.05) is 17.5 Å². The van der Waals surface area contributed by atoms with E-state index in [0.29, 0.717) is 0 Å². The van der Waals surface area contributed by atoms with Crippen LogP contribution in [0.2, 0.25) is 10.0 Å². The lowest BCUT2D eigenvalue weighted by molar-refractivity contribution is -0.191. The molecule has 1 aliphatic heterocycles. The summed E-state index contributed by atoms with van der Waals surface area (Å²) in [6.45, 7) is 7.72. The fourth-order valence-corrected chi connectivity index (χ4v) is 4.30. The van der Waals surface area contributed by atoms with E-state index in [9.17, 15) is 27.6 Å². The Morgan fingerprint density at radius 1 is 1.06 bits per heavy atom. The maximum atomic E-state index is 14.7. The van der Waals surface area contributed by atoms with E-state index in [1.54, 1.807) is 13.8 Å².